The minimum absolute atomic E-state index is 0.0758. The topological polar surface area (TPSA) is 69.6 Å². The van der Waals surface area contributed by atoms with Crippen LogP contribution in [0.3, 0.4) is 0 Å². The van der Waals surface area contributed by atoms with Crippen LogP contribution in [0.15, 0.2) is 18.2 Å². The number of carbonyl (C=O) groups is 2. The zero-order valence-electron chi connectivity index (χ0n) is 10.8. The molecule has 1 fully saturated rings. The second-order valence-electron chi connectivity index (χ2n) is 4.88. The number of hydrogen-bond donors (Lipinski definition) is 2. The summed E-state index contributed by atoms with van der Waals surface area (Å²) in [5, 5.41) is 12.5. The smallest absolute Gasteiger partial charge is 0.321 e. The van der Waals surface area contributed by atoms with E-state index in [9.17, 15) is 9.59 Å². The highest BCUT2D eigenvalue weighted by atomic mass is 35.5. The van der Waals surface area contributed by atoms with E-state index >= 15 is 0 Å². The van der Waals surface area contributed by atoms with Crippen LogP contribution in [-0.2, 0) is 4.79 Å². The molecule has 1 aromatic rings. The maximum absolute atomic E-state index is 12.1. The van der Waals surface area contributed by atoms with Crippen molar-refractivity contribution in [2.24, 2.45) is 11.8 Å². The zero-order chi connectivity index (χ0) is 14.9. The van der Waals surface area contributed by atoms with E-state index in [2.05, 4.69) is 5.32 Å². The Labute approximate surface area is 126 Å². The number of nitrogens with zero attached hydrogens (tertiary/aromatic N) is 1. The van der Waals surface area contributed by atoms with Gasteiger partial charge in [-0.25, -0.2) is 4.79 Å². The second kappa shape index (κ2) is 5.89. The monoisotopic (exact) mass is 316 g/mol. The van der Waals surface area contributed by atoms with Crippen molar-refractivity contribution in [3.05, 3.63) is 28.2 Å². The number of benzene rings is 1. The molecule has 2 unspecified atom stereocenters. The van der Waals surface area contributed by atoms with Gasteiger partial charge in [0.05, 0.1) is 16.6 Å². The van der Waals surface area contributed by atoms with Gasteiger partial charge < -0.3 is 15.3 Å². The van der Waals surface area contributed by atoms with Crippen molar-refractivity contribution < 1.29 is 14.7 Å². The van der Waals surface area contributed by atoms with Crippen LogP contribution in [0.1, 0.15) is 6.92 Å². The molecular formula is C13H14Cl2N2O3. The first kappa shape index (κ1) is 14.9. The van der Waals surface area contributed by atoms with Crippen molar-refractivity contribution in [1.82, 2.24) is 4.90 Å². The second-order valence-corrected chi connectivity index (χ2v) is 5.72. The number of nitrogens with one attached hydrogen (secondary N) is 1. The van der Waals surface area contributed by atoms with E-state index in [4.69, 9.17) is 28.3 Å². The standard InChI is InChI=1S/C13H14Cl2N2O3/c1-7-5-17(6-9(7)12(18)19)13(20)16-11-4-8(14)2-3-10(11)15/h2-4,7,9H,5-6H2,1H3,(H,16,20)(H,18,19). The van der Waals surface area contributed by atoms with Crippen LogP contribution in [0.5, 0.6) is 0 Å². The largest absolute Gasteiger partial charge is 0.481 e. The highest BCUT2D eigenvalue weighted by Gasteiger charge is 2.37. The molecule has 0 spiro atoms. The van der Waals surface area contributed by atoms with Gasteiger partial charge in [-0.3, -0.25) is 4.79 Å². The number of anilines is 1. The fraction of sp³-hybridized carbons (Fsp3) is 0.385. The number of carbonyl (C=O) groups excluding carboxylic acids is 1. The van der Waals surface area contributed by atoms with Gasteiger partial charge in [-0.2, -0.15) is 0 Å². The molecule has 0 saturated carbocycles. The number of urea groups is 1. The summed E-state index contributed by atoms with van der Waals surface area (Å²) < 4.78 is 0. The first-order chi connectivity index (χ1) is 9.38. The van der Waals surface area contributed by atoms with Crippen molar-refractivity contribution in [2.45, 2.75) is 6.92 Å². The molecule has 1 aliphatic rings. The van der Waals surface area contributed by atoms with Gasteiger partial charge in [-0.05, 0) is 24.1 Å². The zero-order valence-corrected chi connectivity index (χ0v) is 12.3. The molecule has 2 amide bonds. The molecule has 0 bridgehead atoms. The quantitative estimate of drug-likeness (QED) is 0.880. The van der Waals surface area contributed by atoms with Crippen molar-refractivity contribution in [3.8, 4) is 0 Å². The maximum atomic E-state index is 12.1. The minimum atomic E-state index is -0.881. The number of likely N-dealkylation sites (tertiary alicyclic amines) is 1. The molecule has 1 saturated heterocycles. The Morgan fingerprint density at radius 3 is 2.65 bits per heavy atom. The lowest BCUT2D eigenvalue weighted by Gasteiger charge is -2.17. The van der Waals surface area contributed by atoms with Crippen LogP contribution >= 0.6 is 23.2 Å². The number of carboxylic acid groups (broad SMARTS) is 1. The molecule has 1 heterocycles. The van der Waals surface area contributed by atoms with Gasteiger partial charge in [-0.15, -0.1) is 0 Å². The van der Waals surface area contributed by atoms with Crippen LogP contribution in [0, 0.1) is 11.8 Å². The Kier molecular flexibility index (Phi) is 4.40. The Morgan fingerprint density at radius 1 is 1.35 bits per heavy atom. The predicted octanol–water partition coefficient (Wildman–Crippen LogP) is 3.18. The lowest BCUT2D eigenvalue weighted by atomic mass is 9.99. The molecule has 2 N–H and O–H groups in total. The minimum Gasteiger partial charge on any atom is -0.481 e. The fourth-order valence-electron chi connectivity index (χ4n) is 2.24. The molecule has 0 aromatic heterocycles. The number of amides is 2. The maximum Gasteiger partial charge on any atom is 0.321 e. The molecule has 1 aliphatic heterocycles. The Balaban J connectivity index is 2.06. The van der Waals surface area contributed by atoms with E-state index in [-0.39, 0.29) is 18.5 Å². The average molecular weight is 317 g/mol. The summed E-state index contributed by atoms with van der Waals surface area (Å²) in [5.74, 6) is -1.49. The first-order valence-corrected chi connectivity index (χ1v) is 6.88. The first-order valence-electron chi connectivity index (χ1n) is 6.12. The van der Waals surface area contributed by atoms with Crippen molar-refractivity contribution >= 4 is 40.9 Å². The van der Waals surface area contributed by atoms with Gasteiger partial charge in [0, 0.05) is 18.1 Å². The van der Waals surface area contributed by atoms with Crippen LogP contribution < -0.4 is 5.32 Å². The molecule has 108 valence electrons. The Bertz CT molecular complexity index is 550. The third kappa shape index (κ3) is 3.16. The fourth-order valence-corrected chi connectivity index (χ4v) is 2.58. The Morgan fingerprint density at radius 2 is 2.05 bits per heavy atom. The Hall–Kier alpha value is -1.46. The van der Waals surface area contributed by atoms with E-state index in [1.54, 1.807) is 18.2 Å². The highest BCUT2D eigenvalue weighted by Crippen LogP contribution is 2.27. The van der Waals surface area contributed by atoms with E-state index < -0.39 is 11.9 Å². The van der Waals surface area contributed by atoms with E-state index in [1.165, 1.54) is 4.90 Å². The highest BCUT2D eigenvalue weighted by molar-refractivity contribution is 6.35. The molecule has 1 aromatic carbocycles. The molecule has 2 atom stereocenters. The SMILES string of the molecule is CC1CN(C(=O)Nc2cc(Cl)ccc2Cl)CC1C(=O)O. The van der Waals surface area contributed by atoms with Gasteiger partial charge in [0.25, 0.3) is 0 Å². The van der Waals surface area contributed by atoms with Crippen LogP contribution in [-0.4, -0.2) is 35.1 Å². The molecule has 7 heteroatoms. The molecule has 20 heavy (non-hydrogen) atoms. The van der Waals surface area contributed by atoms with Crippen molar-refractivity contribution in [1.29, 1.82) is 0 Å². The van der Waals surface area contributed by atoms with Crippen LogP contribution in [0.25, 0.3) is 0 Å². The third-order valence-electron chi connectivity index (χ3n) is 3.39. The number of carboxylic acids is 1. The van der Waals surface area contributed by atoms with Gasteiger partial charge in [0.15, 0.2) is 0 Å². The van der Waals surface area contributed by atoms with Gasteiger partial charge in [0.2, 0.25) is 0 Å². The number of halogens is 2. The normalized spacial score (nSPS) is 21.9. The van der Waals surface area contributed by atoms with Crippen molar-refractivity contribution in [2.75, 3.05) is 18.4 Å². The van der Waals surface area contributed by atoms with Crippen LogP contribution in [0.4, 0.5) is 10.5 Å². The summed E-state index contributed by atoms with van der Waals surface area (Å²) in [7, 11) is 0. The van der Waals surface area contributed by atoms with Gasteiger partial charge in [0.1, 0.15) is 0 Å². The number of hydrogen-bond acceptors (Lipinski definition) is 2. The third-order valence-corrected chi connectivity index (χ3v) is 3.95. The number of aliphatic carboxylic acids is 1. The molecular weight excluding hydrogens is 303 g/mol. The number of rotatable bonds is 2. The summed E-state index contributed by atoms with van der Waals surface area (Å²) in [5.41, 5.74) is 0.413. The predicted molar refractivity (Wildman–Crippen MR) is 77.3 cm³/mol. The summed E-state index contributed by atoms with van der Waals surface area (Å²) in [6.07, 6.45) is 0. The lowest BCUT2D eigenvalue weighted by Crippen LogP contribution is -2.33. The molecule has 0 aliphatic carbocycles. The van der Waals surface area contributed by atoms with Gasteiger partial charge in [-0.1, -0.05) is 30.1 Å². The average Bonchev–Trinajstić information content (AvgIpc) is 2.76. The summed E-state index contributed by atoms with van der Waals surface area (Å²) in [6, 6.07) is 4.39. The van der Waals surface area contributed by atoms with Gasteiger partial charge >= 0.3 is 12.0 Å². The van der Waals surface area contributed by atoms with E-state index in [1.807, 2.05) is 6.92 Å². The lowest BCUT2D eigenvalue weighted by molar-refractivity contribution is -0.142. The molecule has 0 radical (unpaired) electrons. The van der Waals surface area contributed by atoms with Crippen LogP contribution in [0.2, 0.25) is 10.0 Å². The van der Waals surface area contributed by atoms with Crippen molar-refractivity contribution in [3.63, 3.8) is 0 Å². The summed E-state index contributed by atoms with van der Waals surface area (Å²) >= 11 is 11.8. The molecule has 5 nitrogen and oxygen atoms in total. The summed E-state index contributed by atoms with van der Waals surface area (Å²) in [6.45, 7) is 2.42. The summed E-state index contributed by atoms with van der Waals surface area (Å²) in [4.78, 5) is 24.6. The molecule has 2 rings (SSSR count). The van der Waals surface area contributed by atoms with E-state index in [0.717, 1.165) is 0 Å². The van der Waals surface area contributed by atoms with E-state index in [0.29, 0.717) is 22.3 Å².